The molecule has 30 heavy (non-hydrogen) atoms. The fourth-order valence-electron chi connectivity index (χ4n) is 2.89. The Bertz CT molecular complexity index is 1150. The summed E-state index contributed by atoms with van der Waals surface area (Å²) >= 11 is 11.5. The fraction of sp³-hybridized carbons (Fsp3) is 0.222. The first kappa shape index (κ1) is 20.8. The van der Waals surface area contributed by atoms with Crippen molar-refractivity contribution >= 4 is 61.8 Å². The molecule has 4 rings (SSSR count). The molecule has 1 aliphatic heterocycles. The Morgan fingerprint density at radius 2 is 1.93 bits per heavy atom. The van der Waals surface area contributed by atoms with Crippen LogP contribution < -0.4 is 16.2 Å². The highest BCUT2D eigenvalue weighted by atomic mass is 35.5. The van der Waals surface area contributed by atoms with Gasteiger partial charge < -0.3 is 14.5 Å². The first-order valence-corrected chi connectivity index (χ1v) is 11.2. The van der Waals surface area contributed by atoms with Gasteiger partial charge in [0.2, 0.25) is 10.0 Å². The van der Waals surface area contributed by atoms with E-state index in [0.29, 0.717) is 48.1 Å². The monoisotopic (exact) mass is 467 g/mol. The van der Waals surface area contributed by atoms with E-state index in [0.717, 1.165) is 0 Å². The maximum Gasteiger partial charge on any atom is 0.315 e. The molecule has 2 heterocycles. The van der Waals surface area contributed by atoms with Gasteiger partial charge in [-0.2, -0.15) is 9.29 Å². The van der Waals surface area contributed by atoms with Crippen molar-refractivity contribution < 1.29 is 17.6 Å². The number of ether oxygens (including phenoxy) is 1. The molecule has 0 radical (unpaired) electrons. The van der Waals surface area contributed by atoms with Crippen molar-refractivity contribution in [1.29, 1.82) is 0 Å². The lowest BCUT2D eigenvalue weighted by Crippen LogP contribution is -2.40. The number of thiocarbonyl (C=S) groups is 1. The summed E-state index contributed by atoms with van der Waals surface area (Å²) in [5.74, 6) is 0. The van der Waals surface area contributed by atoms with Crippen LogP contribution in [0.5, 0.6) is 0 Å². The summed E-state index contributed by atoms with van der Waals surface area (Å²) in [6.45, 7) is 1.35. The maximum absolute atomic E-state index is 12.9. The number of para-hydroxylation sites is 2. The molecule has 0 atom stereocenters. The lowest BCUT2D eigenvalue weighted by Gasteiger charge is -2.26. The van der Waals surface area contributed by atoms with Crippen LogP contribution in [-0.2, 0) is 14.8 Å². The molecule has 1 fully saturated rings. The Morgan fingerprint density at radius 3 is 2.70 bits per heavy atom. The number of anilines is 2. The predicted octanol–water partition coefficient (Wildman–Crippen LogP) is 2.82. The van der Waals surface area contributed by atoms with E-state index in [-0.39, 0.29) is 16.0 Å². The predicted molar refractivity (Wildman–Crippen MR) is 118 cm³/mol. The molecule has 2 aromatic carbocycles. The smallest absolute Gasteiger partial charge is 0.315 e. The largest absolute Gasteiger partial charge is 0.422 e. The van der Waals surface area contributed by atoms with Crippen LogP contribution >= 0.6 is 23.8 Å². The van der Waals surface area contributed by atoms with Crippen LogP contribution in [0.3, 0.4) is 0 Å². The number of hydrogen-bond acceptors (Lipinski definition) is 7. The van der Waals surface area contributed by atoms with Crippen LogP contribution in [0, 0.1) is 0 Å². The van der Waals surface area contributed by atoms with E-state index >= 15 is 0 Å². The van der Waals surface area contributed by atoms with Gasteiger partial charge in [0, 0.05) is 13.1 Å². The summed E-state index contributed by atoms with van der Waals surface area (Å²) in [5, 5.41) is 3.35. The van der Waals surface area contributed by atoms with Gasteiger partial charge in [-0.05, 0) is 42.5 Å². The summed E-state index contributed by atoms with van der Waals surface area (Å²) in [5.41, 5.74) is 7.17. The minimum absolute atomic E-state index is 0.117. The summed E-state index contributed by atoms with van der Waals surface area (Å²) in [6, 6.07) is 12.0. The molecule has 0 unspecified atom stereocenters. The third-order valence-electron chi connectivity index (χ3n) is 4.37. The molecule has 0 amide bonds. The topological polar surface area (TPSA) is 109 Å². The van der Waals surface area contributed by atoms with E-state index in [1.807, 2.05) is 18.2 Å². The summed E-state index contributed by atoms with van der Waals surface area (Å²) in [4.78, 5) is 4.38. The lowest BCUT2D eigenvalue weighted by molar-refractivity contribution is 0.0730. The lowest BCUT2D eigenvalue weighted by atomic mass is 10.3. The van der Waals surface area contributed by atoms with Gasteiger partial charge in [0.1, 0.15) is 5.52 Å². The fourth-order valence-corrected chi connectivity index (χ4v) is 4.65. The van der Waals surface area contributed by atoms with Crippen molar-refractivity contribution in [3.05, 3.63) is 47.5 Å². The van der Waals surface area contributed by atoms with Crippen LogP contribution in [0.1, 0.15) is 0 Å². The third-order valence-corrected chi connectivity index (χ3v) is 6.80. The second-order valence-electron chi connectivity index (χ2n) is 6.35. The molecule has 12 heteroatoms. The zero-order valence-electron chi connectivity index (χ0n) is 15.6. The van der Waals surface area contributed by atoms with Gasteiger partial charge in [0.05, 0.1) is 28.8 Å². The van der Waals surface area contributed by atoms with Gasteiger partial charge in [0.25, 0.3) is 0 Å². The number of rotatable bonds is 5. The van der Waals surface area contributed by atoms with Gasteiger partial charge in [0.15, 0.2) is 10.7 Å². The molecule has 1 aromatic heterocycles. The van der Waals surface area contributed by atoms with Crippen LogP contribution in [0.2, 0.25) is 5.02 Å². The molecule has 158 valence electrons. The number of oxazole rings is 1. The van der Waals surface area contributed by atoms with Gasteiger partial charge in [-0.1, -0.05) is 23.7 Å². The van der Waals surface area contributed by atoms with E-state index in [1.165, 1.54) is 22.5 Å². The highest BCUT2D eigenvalue weighted by Crippen LogP contribution is 2.27. The summed E-state index contributed by atoms with van der Waals surface area (Å²) in [7, 11) is -3.66. The first-order valence-electron chi connectivity index (χ1n) is 8.99. The number of nitrogens with one attached hydrogen (secondary N) is 3. The van der Waals surface area contributed by atoms with Crippen molar-refractivity contribution in [3.63, 3.8) is 0 Å². The SMILES string of the molecule is O=S(=O)(c1ccc(Cl)c(NC(=S)NNc2nc3ccccc3o2)c1)N1CCOCC1. The molecule has 9 nitrogen and oxygen atoms in total. The van der Waals surface area contributed by atoms with Crippen molar-refractivity contribution in [1.82, 2.24) is 14.7 Å². The van der Waals surface area contributed by atoms with Crippen molar-refractivity contribution in [2.45, 2.75) is 4.90 Å². The van der Waals surface area contributed by atoms with Gasteiger partial charge in [-0.15, -0.1) is 0 Å². The van der Waals surface area contributed by atoms with Gasteiger partial charge in [-0.3, -0.25) is 10.9 Å². The Labute approximate surface area is 183 Å². The van der Waals surface area contributed by atoms with E-state index in [4.69, 9.17) is 33.0 Å². The van der Waals surface area contributed by atoms with Crippen LogP contribution in [0.25, 0.3) is 11.1 Å². The van der Waals surface area contributed by atoms with E-state index in [9.17, 15) is 8.42 Å². The highest BCUT2D eigenvalue weighted by Gasteiger charge is 2.27. The minimum Gasteiger partial charge on any atom is -0.422 e. The molecular formula is C18H18ClN5O4S2. The molecule has 3 N–H and O–H groups in total. The number of nitrogens with zero attached hydrogens (tertiary/aromatic N) is 2. The molecule has 0 bridgehead atoms. The molecule has 0 spiro atoms. The molecule has 1 aliphatic rings. The standard InChI is InChI=1S/C18H18ClN5O4S2/c19-13-6-5-12(30(25,26)24-7-9-27-10-8-24)11-15(13)21-18(29)23-22-17-20-14-3-1-2-4-16(14)28-17/h1-6,11H,7-10H2,(H,20,22)(H2,21,23,29). The summed E-state index contributed by atoms with van der Waals surface area (Å²) in [6.07, 6.45) is 0. The first-order chi connectivity index (χ1) is 14.4. The van der Waals surface area contributed by atoms with Crippen LogP contribution in [0.15, 0.2) is 51.8 Å². The minimum atomic E-state index is -3.66. The Kier molecular flexibility index (Phi) is 6.06. The summed E-state index contributed by atoms with van der Waals surface area (Å²) < 4.78 is 37.8. The van der Waals surface area contributed by atoms with E-state index in [2.05, 4.69) is 21.2 Å². The average Bonchev–Trinajstić information content (AvgIpc) is 3.17. The zero-order chi connectivity index (χ0) is 21.1. The second-order valence-corrected chi connectivity index (χ2v) is 9.10. The average molecular weight is 468 g/mol. The molecule has 0 aliphatic carbocycles. The Balaban J connectivity index is 1.44. The number of sulfonamides is 1. The normalized spacial score (nSPS) is 15.1. The van der Waals surface area contributed by atoms with Crippen LogP contribution in [-0.4, -0.2) is 49.1 Å². The van der Waals surface area contributed by atoms with Gasteiger partial charge >= 0.3 is 6.01 Å². The highest BCUT2D eigenvalue weighted by molar-refractivity contribution is 7.89. The number of aromatic nitrogens is 1. The van der Waals surface area contributed by atoms with E-state index < -0.39 is 10.0 Å². The Morgan fingerprint density at radius 1 is 1.17 bits per heavy atom. The number of benzene rings is 2. The van der Waals surface area contributed by atoms with Crippen molar-refractivity contribution in [3.8, 4) is 0 Å². The van der Waals surface area contributed by atoms with Gasteiger partial charge in [-0.25, -0.2) is 8.42 Å². The number of morpholine rings is 1. The maximum atomic E-state index is 12.9. The number of hydrogen-bond donors (Lipinski definition) is 3. The van der Waals surface area contributed by atoms with E-state index in [1.54, 1.807) is 6.07 Å². The molecule has 3 aromatic rings. The van der Waals surface area contributed by atoms with Crippen molar-refractivity contribution in [2.24, 2.45) is 0 Å². The number of hydrazine groups is 1. The second kappa shape index (κ2) is 8.74. The van der Waals surface area contributed by atoms with Crippen LogP contribution in [0.4, 0.5) is 11.7 Å². The third kappa shape index (κ3) is 4.50. The number of halogens is 1. The van der Waals surface area contributed by atoms with Crippen molar-refractivity contribution in [2.75, 3.05) is 37.0 Å². The number of fused-ring (bicyclic) bond motifs is 1. The molecule has 0 saturated carbocycles. The molecule has 1 saturated heterocycles. The molecular weight excluding hydrogens is 450 g/mol. The zero-order valence-corrected chi connectivity index (χ0v) is 18.0. The Hall–Kier alpha value is -2.44. The quantitative estimate of drug-likeness (QED) is 0.385.